The minimum atomic E-state index is 0.301. The lowest BCUT2D eigenvalue weighted by Crippen LogP contribution is -2.47. The zero-order chi connectivity index (χ0) is 22.6. The van der Waals surface area contributed by atoms with E-state index in [2.05, 4.69) is 113 Å². The number of benzene rings is 3. The van der Waals surface area contributed by atoms with Gasteiger partial charge in [0.05, 0.1) is 17.9 Å². The molecule has 1 aromatic heterocycles. The van der Waals surface area contributed by atoms with Gasteiger partial charge in [0.1, 0.15) is 0 Å². The SMILES string of the molecule is Cc1ccc(-c2[nH]ncc2CN2CCN(C(c3ccccc3)c3ccccc3)CC2)cc1C. The van der Waals surface area contributed by atoms with Crippen molar-refractivity contribution in [1.29, 1.82) is 0 Å². The molecule has 0 atom stereocenters. The third-order valence-corrected chi connectivity index (χ3v) is 6.91. The standard InChI is InChI=1S/C29H32N4/c1-22-13-14-26(19-23(22)2)28-27(20-30-31-28)21-32-15-17-33(18-16-32)29(24-9-5-3-6-10-24)25-11-7-4-8-12-25/h3-14,19-20,29H,15-18,21H2,1-2H3,(H,30,31). The molecule has 1 saturated heterocycles. The van der Waals surface area contributed by atoms with Gasteiger partial charge in [-0.3, -0.25) is 14.9 Å². The second-order valence-electron chi connectivity index (χ2n) is 9.11. The summed E-state index contributed by atoms with van der Waals surface area (Å²) in [6.45, 7) is 9.44. The lowest BCUT2D eigenvalue weighted by molar-refractivity contribution is 0.105. The molecule has 0 bridgehead atoms. The molecule has 2 heterocycles. The van der Waals surface area contributed by atoms with E-state index in [0.29, 0.717) is 6.04 Å². The van der Waals surface area contributed by atoms with E-state index in [1.54, 1.807) is 0 Å². The quantitative estimate of drug-likeness (QED) is 0.427. The lowest BCUT2D eigenvalue weighted by atomic mass is 9.96. The first-order chi connectivity index (χ1) is 16.2. The summed E-state index contributed by atoms with van der Waals surface area (Å²) < 4.78 is 0. The molecule has 0 saturated carbocycles. The number of aromatic amines is 1. The van der Waals surface area contributed by atoms with Crippen LogP contribution in [0.25, 0.3) is 11.3 Å². The number of hydrogen-bond donors (Lipinski definition) is 1. The number of nitrogens with zero attached hydrogens (tertiary/aromatic N) is 3. The summed E-state index contributed by atoms with van der Waals surface area (Å²) in [7, 11) is 0. The summed E-state index contributed by atoms with van der Waals surface area (Å²) in [5.41, 5.74) is 9.00. The first-order valence-corrected chi connectivity index (χ1v) is 11.9. The van der Waals surface area contributed by atoms with Crippen LogP contribution in [0.2, 0.25) is 0 Å². The Labute approximate surface area is 196 Å². The maximum atomic E-state index is 4.38. The fourth-order valence-corrected chi connectivity index (χ4v) is 4.88. The fraction of sp³-hybridized carbons (Fsp3) is 0.276. The summed E-state index contributed by atoms with van der Waals surface area (Å²) in [6, 6.07) is 28.8. The Balaban J connectivity index is 1.30. The smallest absolute Gasteiger partial charge is 0.0695 e. The molecule has 0 unspecified atom stereocenters. The minimum Gasteiger partial charge on any atom is -0.296 e. The van der Waals surface area contributed by atoms with Crippen LogP contribution in [0.1, 0.15) is 33.9 Å². The van der Waals surface area contributed by atoms with Crippen molar-refractivity contribution in [2.24, 2.45) is 0 Å². The molecule has 0 radical (unpaired) electrons. The van der Waals surface area contributed by atoms with Gasteiger partial charge in [-0.25, -0.2) is 0 Å². The van der Waals surface area contributed by atoms with E-state index in [-0.39, 0.29) is 0 Å². The molecule has 168 valence electrons. The summed E-state index contributed by atoms with van der Waals surface area (Å²) in [5.74, 6) is 0. The van der Waals surface area contributed by atoms with Gasteiger partial charge in [0.25, 0.3) is 0 Å². The molecular weight excluding hydrogens is 404 g/mol. The van der Waals surface area contributed by atoms with Crippen LogP contribution in [-0.4, -0.2) is 46.2 Å². The third-order valence-electron chi connectivity index (χ3n) is 6.91. The van der Waals surface area contributed by atoms with Crippen LogP contribution in [0.4, 0.5) is 0 Å². The molecule has 0 aliphatic carbocycles. The van der Waals surface area contributed by atoms with Gasteiger partial charge in [0.15, 0.2) is 0 Å². The molecule has 1 aliphatic heterocycles. The Hall–Kier alpha value is -3.21. The van der Waals surface area contributed by atoms with Gasteiger partial charge in [0, 0.05) is 43.9 Å². The van der Waals surface area contributed by atoms with Crippen molar-refractivity contribution in [2.75, 3.05) is 26.2 Å². The molecular formula is C29H32N4. The third kappa shape index (κ3) is 4.77. The van der Waals surface area contributed by atoms with Gasteiger partial charge in [-0.1, -0.05) is 72.8 Å². The zero-order valence-corrected chi connectivity index (χ0v) is 19.5. The Morgan fingerprint density at radius 1 is 0.788 bits per heavy atom. The molecule has 4 aromatic rings. The van der Waals surface area contributed by atoms with E-state index in [9.17, 15) is 0 Å². The summed E-state index contributed by atoms with van der Waals surface area (Å²) in [6.07, 6.45) is 1.99. The number of hydrogen-bond acceptors (Lipinski definition) is 3. The number of H-pyrrole nitrogens is 1. The van der Waals surface area contributed by atoms with Crippen LogP contribution < -0.4 is 0 Å². The van der Waals surface area contributed by atoms with Gasteiger partial charge < -0.3 is 0 Å². The van der Waals surface area contributed by atoms with Gasteiger partial charge >= 0.3 is 0 Å². The molecule has 3 aromatic carbocycles. The zero-order valence-electron chi connectivity index (χ0n) is 19.5. The van der Waals surface area contributed by atoms with E-state index in [4.69, 9.17) is 0 Å². The maximum Gasteiger partial charge on any atom is 0.0695 e. The molecule has 1 aliphatic rings. The highest BCUT2D eigenvalue weighted by Gasteiger charge is 2.26. The van der Waals surface area contributed by atoms with Gasteiger partial charge in [-0.2, -0.15) is 5.10 Å². The van der Waals surface area contributed by atoms with E-state index in [1.165, 1.54) is 33.4 Å². The Morgan fingerprint density at radius 3 is 2.03 bits per heavy atom. The van der Waals surface area contributed by atoms with E-state index >= 15 is 0 Å². The summed E-state index contributed by atoms with van der Waals surface area (Å²) >= 11 is 0. The number of aromatic nitrogens is 2. The molecule has 1 N–H and O–H groups in total. The van der Waals surface area contributed by atoms with Crippen molar-refractivity contribution in [2.45, 2.75) is 26.4 Å². The lowest BCUT2D eigenvalue weighted by Gasteiger charge is -2.39. The van der Waals surface area contributed by atoms with E-state index < -0.39 is 0 Å². The number of rotatable bonds is 6. The fourth-order valence-electron chi connectivity index (χ4n) is 4.88. The van der Waals surface area contributed by atoms with E-state index in [1.807, 2.05) is 6.20 Å². The molecule has 1 fully saturated rings. The van der Waals surface area contributed by atoms with Crippen LogP contribution >= 0.6 is 0 Å². The minimum absolute atomic E-state index is 0.301. The van der Waals surface area contributed by atoms with Crippen LogP contribution in [0.15, 0.2) is 85.1 Å². The largest absolute Gasteiger partial charge is 0.296 e. The van der Waals surface area contributed by atoms with Crippen molar-refractivity contribution in [3.05, 3.63) is 113 Å². The van der Waals surface area contributed by atoms with Crippen LogP contribution in [-0.2, 0) is 6.54 Å². The highest BCUT2D eigenvalue weighted by molar-refractivity contribution is 5.64. The van der Waals surface area contributed by atoms with Crippen LogP contribution in [0, 0.1) is 13.8 Å². The Kier molecular flexibility index (Phi) is 6.38. The predicted octanol–water partition coefficient (Wildman–Crippen LogP) is 5.60. The number of aryl methyl sites for hydroxylation is 2. The Morgan fingerprint density at radius 2 is 1.42 bits per heavy atom. The average molecular weight is 437 g/mol. The van der Waals surface area contributed by atoms with Crippen molar-refractivity contribution < 1.29 is 0 Å². The predicted molar refractivity (Wildman–Crippen MR) is 135 cm³/mol. The van der Waals surface area contributed by atoms with Gasteiger partial charge in [0.2, 0.25) is 0 Å². The van der Waals surface area contributed by atoms with Crippen molar-refractivity contribution in [1.82, 2.24) is 20.0 Å². The van der Waals surface area contributed by atoms with Crippen molar-refractivity contribution in [3.8, 4) is 11.3 Å². The maximum absolute atomic E-state index is 4.38. The summed E-state index contributed by atoms with van der Waals surface area (Å²) in [4.78, 5) is 5.18. The second kappa shape index (κ2) is 9.74. The molecule has 33 heavy (non-hydrogen) atoms. The molecule has 0 amide bonds. The highest BCUT2D eigenvalue weighted by Crippen LogP contribution is 2.30. The monoisotopic (exact) mass is 436 g/mol. The van der Waals surface area contributed by atoms with E-state index in [0.717, 1.165) is 38.4 Å². The molecule has 4 nitrogen and oxygen atoms in total. The number of piperazine rings is 1. The van der Waals surface area contributed by atoms with Crippen molar-refractivity contribution in [3.63, 3.8) is 0 Å². The van der Waals surface area contributed by atoms with Gasteiger partial charge in [-0.15, -0.1) is 0 Å². The first kappa shape index (κ1) is 21.6. The second-order valence-corrected chi connectivity index (χ2v) is 9.11. The molecule has 0 spiro atoms. The van der Waals surface area contributed by atoms with Crippen LogP contribution in [0.5, 0.6) is 0 Å². The number of nitrogens with one attached hydrogen (secondary N) is 1. The average Bonchev–Trinajstić information content (AvgIpc) is 3.32. The first-order valence-electron chi connectivity index (χ1n) is 11.9. The topological polar surface area (TPSA) is 35.2 Å². The van der Waals surface area contributed by atoms with Gasteiger partial charge in [-0.05, 0) is 42.2 Å². The van der Waals surface area contributed by atoms with Crippen molar-refractivity contribution >= 4 is 0 Å². The Bertz CT molecular complexity index is 1140. The normalized spacial score (nSPS) is 15.2. The molecule has 5 rings (SSSR count). The highest BCUT2D eigenvalue weighted by atomic mass is 15.3. The molecule has 4 heteroatoms. The summed E-state index contributed by atoms with van der Waals surface area (Å²) in [5, 5.41) is 7.62. The van der Waals surface area contributed by atoms with Crippen LogP contribution in [0.3, 0.4) is 0 Å².